The zero-order valence-electron chi connectivity index (χ0n) is 21.3. The number of nitrogens with zero attached hydrogens (tertiary/aromatic N) is 2. The molecular formula is C28H31BrClN3O4S. The average Bonchev–Trinajstić information content (AvgIpc) is 2.91. The number of hydrogen-bond donors (Lipinski definition) is 1. The number of carbonyl (C=O) groups excluding carboxylic acids is 2. The van der Waals surface area contributed by atoms with Crippen molar-refractivity contribution in [1.29, 1.82) is 0 Å². The Balaban J connectivity index is 1.98. The van der Waals surface area contributed by atoms with E-state index >= 15 is 0 Å². The summed E-state index contributed by atoms with van der Waals surface area (Å²) in [6.45, 7) is 3.78. The van der Waals surface area contributed by atoms with E-state index in [0.29, 0.717) is 21.7 Å². The Bertz CT molecular complexity index is 1340. The second-order valence-electron chi connectivity index (χ2n) is 8.77. The van der Waals surface area contributed by atoms with Crippen LogP contribution in [0.1, 0.15) is 32.3 Å². The molecule has 0 aromatic heterocycles. The van der Waals surface area contributed by atoms with E-state index < -0.39 is 28.5 Å². The molecule has 0 spiro atoms. The van der Waals surface area contributed by atoms with Gasteiger partial charge in [-0.05, 0) is 61.4 Å². The van der Waals surface area contributed by atoms with Gasteiger partial charge >= 0.3 is 0 Å². The Kier molecular flexibility index (Phi) is 10.8. The van der Waals surface area contributed by atoms with Gasteiger partial charge in [0.2, 0.25) is 11.8 Å². The molecule has 0 bridgehead atoms. The molecule has 0 aliphatic heterocycles. The maximum absolute atomic E-state index is 13.8. The molecule has 38 heavy (non-hydrogen) atoms. The third-order valence-corrected chi connectivity index (χ3v) is 8.50. The second kappa shape index (κ2) is 13.8. The van der Waals surface area contributed by atoms with E-state index in [1.807, 2.05) is 6.92 Å². The largest absolute Gasteiger partial charge is 0.354 e. The predicted octanol–water partition coefficient (Wildman–Crippen LogP) is 5.63. The Morgan fingerprint density at radius 2 is 1.68 bits per heavy atom. The second-order valence-corrected chi connectivity index (χ2v) is 12.0. The normalized spacial score (nSPS) is 12.0. The first-order valence-electron chi connectivity index (χ1n) is 12.3. The minimum absolute atomic E-state index is 0.0578. The summed E-state index contributed by atoms with van der Waals surface area (Å²) in [5, 5.41) is 3.42. The van der Waals surface area contributed by atoms with E-state index in [1.165, 1.54) is 17.0 Å². The molecule has 3 aromatic carbocycles. The van der Waals surface area contributed by atoms with Crippen molar-refractivity contribution >= 4 is 55.1 Å². The van der Waals surface area contributed by atoms with E-state index in [9.17, 15) is 18.0 Å². The maximum atomic E-state index is 13.8. The molecule has 0 aliphatic rings. The van der Waals surface area contributed by atoms with Crippen LogP contribution >= 0.6 is 27.5 Å². The van der Waals surface area contributed by atoms with Crippen LogP contribution in [0.2, 0.25) is 5.02 Å². The summed E-state index contributed by atoms with van der Waals surface area (Å²) >= 11 is 9.42. The van der Waals surface area contributed by atoms with Crippen LogP contribution < -0.4 is 9.62 Å². The van der Waals surface area contributed by atoms with Crippen LogP contribution in [0, 0.1) is 0 Å². The lowest BCUT2D eigenvalue weighted by molar-refractivity contribution is -0.139. The fraction of sp³-hybridized carbons (Fsp3) is 0.286. The number of rotatable bonds is 12. The third kappa shape index (κ3) is 7.82. The number of nitrogens with one attached hydrogen (secondary N) is 1. The fourth-order valence-corrected chi connectivity index (χ4v) is 5.73. The molecule has 202 valence electrons. The Morgan fingerprint density at radius 1 is 1.00 bits per heavy atom. The van der Waals surface area contributed by atoms with E-state index in [-0.39, 0.29) is 17.3 Å². The summed E-state index contributed by atoms with van der Waals surface area (Å²) < 4.78 is 29.2. The van der Waals surface area contributed by atoms with Crippen molar-refractivity contribution in [2.24, 2.45) is 0 Å². The van der Waals surface area contributed by atoms with Gasteiger partial charge in [0, 0.05) is 22.6 Å². The molecule has 1 N–H and O–H groups in total. The first kappa shape index (κ1) is 29.7. The molecule has 0 aliphatic carbocycles. The van der Waals surface area contributed by atoms with Gasteiger partial charge in [0.05, 0.1) is 10.6 Å². The Hall–Kier alpha value is -2.88. The molecule has 10 heteroatoms. The Labute approximate surface area is 238 Å². The first-order chi connectivity index (χ1) is 18.1. The zero-order valence-corrected chi connectivity index (χ0v) is 24.5. The van der Waals surface area contributed by atoms with Gasteiger partial charge < -0.3 is 10.2 Å². The number of unbranched alkanes of at least 4 members (excludes halogenated alkanes) is 1. The van der Waals surface area contributed by atoms with Crippen LogP contribution in [0.15, 0.2) is 88.2 Å². The number of sulfonamides is 1. The van der Waals surface area contributed by atoms with Crippen molar-refractivity contribution in [1.82, 2.24) is 10.2 Å². The molecule has 3 rings (SSSR count). The van der Waals surface area contributed by atoms with Crippen LogP contribution in [-0.4, -0.2) is 44.3 Å². The smallest absolute Gasteiger partial charge is 0.264 e. The van der Waals surface area contributed by atoms with Crippen molar-refractivity contribution < 1.29 is 18.0 Å². The molecule has 3 aromatic rings. The third-order valence-electron chi connectivity index (χ3n) is 5.97. The molecule has 7 nitrogen and oxygen atoms in total. The van der Waals surface area contributed by atoms with Crippen LogP contribution in [0.3, 0.4) is 0 Å². The quantitative estimate of drug-likeness (QED) is 0.266. The number of benzene rings is 3. The highest BCUT2D eigenvalue weighted by atomic mass is 79.9. The van der Waals surface area contributed by atoms with Crippen LogP contribution in [0.25, 0.3) is 0 Å². The molecule has 0 saturated heterocycles. The summed E-state index contributed by atoms with van der Waals surface area (Å²) in [6.07, 6.45) is 1.73. The first-order valence-corrected chi connectivity index (χ1v) is 14.9. The molecule has 1 unspecified atom stereocenters. The van der Waals surface area contributed by atoms with Gasteiger partial charge in [0.25, 0.3) is 10.0 Å². The van der Waals surface area contributed by atoms with Crippen molar-refractivity contribution in [3.8, 4) is 0 Å². The molecule has 0 saturated carbocycles. The lowest BCUT2D eigenvalue weighted by Gasteiger charge is -2.32. The number of halogens is 2. The number of hydrogen-bond acceptors (Lipinski definition) is 4. The summed E-state index contributed by atoms with van der Waals surface area (Å²) in [6, 6.07) is 20.8. The van der Waals surface area contributed by atoms with Gasteiger partial charge in [-0.1, -0.05) is 77.3 Å². The minimum atomic E-state index is -4.09. The fourth-order valence-electron chi connectivity index (χ4n) is 3.78. The van der Waals surface area contributed by atoms with E-state index in [4.69, 9.17) is 11.6 Å². The number of carbonyl (C=O) groups is 2. The van der Waals surface area contributed by atoms with Crippen molar-refractivity contribution in [2.75, 3.05) is 17.4 Å². The van der Waals surface area contributed by atoms with E-state index in [2.05, 4.69) is 21.2 Å². The zero-order chi connectivity index (χ0) is 27.7. The molecule has 0 heterocycles. The van der Waals surface area contributed by atoms with Gasteiger partial charge in [-0.15, -0.1) is 0 Å². The molecule has 0 radical (unpaired) electrons. The maximum Gasteiger partial charge on any atom is 0.264 e. The summed E-state index contributed by atoms with van der Waals surface area (Å²) in [5.41, 5.74) is 1.08. The average molecular weight is 621 g/mol. The van der Waals surface area contributed by atoms with E-state index in [0.717, 1.165) is 22.7 Å². The predicted molar refractivity (Wildman–Crippen MR) is 154 cm³/mol. The minimum Gasteiger partial charge on any atom is -0.354 e. The van der Waals surface area contributed by atoms with Crippen LogP contribution in [0.4, 0.5) is 5.69 Å². The number of anilines is 1. The molecule has 1 atom stereocenters. The SMILES string of the molecule is CCCCNC(=O)C(C)N(Cc1ccc(Cl)cc1)C(=O)CN(c1cccc(Br)c1)S(=O)(=O)c1ccccc1. The van der Waals surface area contributed by atoms with Gasteiger partial charge in [0.15, 0.2) is 0 Å². The van der Waals surface area contributed by atoms with Crippen molar-refractivity contribution in [3.63, 3.8) is 0 Å². The summed E-state index contributed by atoms with van der Waals surface area (Å²) in [4.78, 5) is 28.3. The van der Waals surface area contributed by atoms with E-state index in [1.54, 1.807) is 73.7 Å². The van der Waals surface area contributed by atoms with Gasteiger partial charge in [-0.3, -0.25) is 13.9 Å². The topological polar surface area (TPSA) is 86.8 Å². The standard InChI is InChI=1S/C28H31BrClN3O4S/c1-3-4-17-31-28(35)21(2)32(19-22-13-15-24(30)16-14-22)27(34)20-33(25-10-8-9-23(29)18-25)38(36,37)26-11-6-5-7-12-26/h5-16,18,21H,3-4,17,19-20H2,1-2H3,(H,31,35). The van der Waals surface area contributed by atoms with Gasteiger partial charge in [0.1, 0.15) is 12.6 Å². The lowest BCUT2D eigenvalue weighted by atomic mass is 10.1. The highest BCUT2D eigenvalue weighted by Gasteiger charge is 2.32. The molecular weight excluding hydrogens is 590 g/mol. The molecule has 2 amide bonds. The van der Waals surface area contributed by atoms with Crippen molar-refractivity contribution in [3.05, 3.63) is 93.9 Å². The van der Waals surface area contributed by atoms with Gasteiger partial charge in [-0.25, -0.2) is 8.42 Å². The number of amides is 2. The lowest BCUT2D eigenvalue weighted by Crippen LogP contribution is -2.51. The van der Waals surface area contributed by atoms with Gasteiger partial charge in [-0.2, -0.15) is 0 Å². The highest BCUT2D eigenvalue weighted by Crippen LogP contribution is 2.27. The highest BCUT2D eigenvalue weighted by molar-refractivity contribution is 9.10. The van der Waals surface area contributed by atoms with Crippen LogP contribution in [-0.2, 0) is 26.2 Å². The Morgan fingerprint density at radius 3 is 2.32 bits per heavy atom. The van der Waals surface area contributed by atoms with Crippen LogP contribution in [0.5, 0.6) is 0 Å². The monoisotopic (exact) mass is 619 g/mol. The summed E-state index contributed by atoms with van der Waals surface area (Å²) in [7, 11) is -4.09. The van der Waals surface area contributed by atoms with Crippen molar-refractivity contribution in [2.45, 2.75) is 44.2 Å². The molecule has 0 fully saturated rings. The summed E-state index contributed by atoms with van der Waals surface area (Å²) in [5.74, 6) is -0.821.